The maximum atomic E-state index is 13.5. The molecule has 4 rings (SSSR count). The zero-order valence-electron chi connectivity index (χ0n) is 17.6. The number of hydrogen-bond donors (Lipinski definition) is 3. The number of hydrogen-bond acceptors (Lipinski definition) is 6. The molecule has 0 aliphatic rings. The first kappa shape index (κ1) is 24.0. The lowest BCUT2D eigenvalue weighted by Gasteiger charge is -2.18. The van der Waals surface area contributed by atoms with Crippen molar-refractivity contribution >= 4 is 44.6 Å². The van der Waals surface area contributed by atoms with Gasteiger partial charge in [0.2, 0.25) is 5.91 Å². The second-order valence-corrected chi connectivity index (χ2v) is 10.4. The van der Waals surface area contributed by atoms with Crippen molar-refractivity contribution in [2.75, 3.05) is 4.72 Å². The second kappa shape index (κ2) is 10.4. The Morgan fingerprint density at radius 3 is 2.53 bits per heavy atom. The van der Waals surface area contributed by atoms with Crippen molar-refractivity contribution in [2.45, 2.75) is 18.9 Å². The molecule has 0 aliphatic carbocycles. The third-order valence-electron chi connectivity index (χ3n) is 4.84. The summed E-state index contributed by atoms with van der Waals surface area (Å²) in [6.07, 6.45) is 0.419. The van der Waals surface area contributed by atoms with Gasteiger partial charge in [0.1, 0.15) is 10.8 Å². The van der Waals surface area contributed by atoms with Crippen molar-refractivity contribution in [2.24, 2.45) is 0 Å². The summed E-state index contributed by atoms with van der Waals surface area (Å²) in [4.78, 5) is 18.5. The first-order valence-electron chi connectivity index (χ1n) is 10.1. The Balaban J connectivity index is 1.54. The van der Waals surface area contributed by atoms with E-state index >= 15 is 0 Å². The Kier molecular flexibility index (Phi) is 7.37. The van der Waals surface area contributed by atoms with Gasteiger partial charge in [0.05, 0.1) is 28.7 Å². The molecular weight excluding hydrogens is 497 g/mol. The number of carbonyl (C=O) groups excluding carboxylic acids is 1. The number of amides is 1. The van der Waals surface area contributed by atoms with Crippen molar-refractivity contribution in [3.05, 3.63) is 94.1 Å². The number of thiazole rings is 1. The van der Waals surface area contributed by atoms with Crippen LogP contribution in [0.25, 0.3) is 9.88 Å². The molecule has 1 atom stereocenters. The summed E-state index contributed by atoms with van der Waals surface area (Å²) < 4.78 is 46.5. The lowest BCUT2D eigenvalue weighted by atomic mass is 10.0. The van der Waals surface area contributed by atoms with Crippen LogP contribution in [-0.4, -0.2) is 23.9 Å². The van der Waals surface area contributed by atoms with E-state index in [0.29, 0.717) is 17.7 Å². The van der Waals surface area contributed by atoms with Gasteiger partial charge in [-0.1, -0.05) is 30.3 Å². The molecule has 0 saturated carbocycles. The van der Waals surface area contributed by atoms with Crippen LogP contribution >= 0.6 is 22.7 Å². The van der Waals surface area contributed by atoms with Gasteiger partial charge in [-0.3, -0.25) is 14.1 Å². The SMILES string of the molecule is O=C(Cc1cccc(F)c1)NC(Cc1ccc(NS(=O)(=O)O)cc1)c1csc(-c2cccs2)n1. The fourth-order valence-electron chi connectivity index (χ4n) is 3.36. The lowest BCUT2D eigenvalue weighted by Crippen LogP contribution is -2.31. The number of nitrogens with one attached hydrogen (secondary N) is 2. The molecule has 1 unspecified atom stereocenters. The van der Waals surface area contributed by atoms with Crippen LogP contribution in [0.4, 0.5) is 10.1 Å². The molecule has 0 saturated heterocycles. The Morgan fingerprint density at radius 1 is 1.06 bits per heavy atom. The average molecular weight is 518 g/mol. The van der Waals surface area contributed by atoms with Crippen molar-refractivity contribution in [1.82, 2.24) is 10.3 Å². The van der Waals surface area contributed by atoms with E-state index in [1.165, 1.54) is 35.6 Å². The lowest BCUT2D eigenvalue weighted by molar-refractivity contribution is -0.121. The predicted molar refractivity (Wildman–Crippen MR) is 132 cm³/mol. The molecule has 34 heavy (non-hydrogen) atoms. The fraction of sp³-hybridized carbons (Fsp3) is 0.130. The molecule has 176 valence electrons. The third kappa shape index (κ3) is 6.70. The highest BCUT2D eigenvalue weighted by Crippen LogP contribution is 2.31. The quantitative estimate of drug-likeness (QED) is 0.275. The molecule has 4 aromatic rings. The molecule has 7 nitrogen and oxygen atoms in total. The van der Waals surface area contributed by atoms with Gasteiger partial charge in [-0.15, -0.1) is 22.7 Å². The monoisotopic (exact) mass is 517 g/mol. The molecule has 2 aromatic carbocycles. The van der Waals surface area contributed by atoms with Crippen LogP contribution in [0.1, 0.15) is 22.9 Å². The highest BCUT2D eigenvalue weighted by molar-refractivity contribution is 7.87. The van der Waals surface area contributed by atoms with E-state index in [-0.39, 0.29) is 18.0 Å². The number of benzene rings is 2. The minimum atomic E-state index is -4.36. The molecule has 0 radical (unpaired) electrons. The first-order valence-corrected chi connectivity index (χ1v) is 13.3. The Bertz CT molecular complexity index is 1370. The number of aromatic nitrogens is 1. The summed E-state index contributed by atoms with van der Waals surface area (Å²) in [5.41, 5.74) is 2.30. The number of anilines is 1. The Morgan fingerprint density at radius 2 is 1.85 bits per heavy atom. The number of halogens is 1. The second-order valence-electron chi connectivity index (χ2n) is 7.46. The topological polar surface area (TPSA) is 108 Å². The number of carbonyl (C=O) groups is 1. The average Bonchev–Trinajstić information content (AvgIpc) is 3.46. The standard InChI is InChI=1S/C23H20FN3O4S3/c24-17-4-1-3-16(11-17)13-22(28)25-19(20-14-33-23(26-20)21-5-2-10-32-21)12-15-6-8-18(9-7-15)27-34(29,30)31/h1-11,14,19,27H,12-13H2,(H,25,28)(H,29,30,31). The highest BCUT2D eigenvalue weighted by Gasteiger charge is 2.20. The van der Waals surface area contributed by atoms with Crippen LogP contribution in [0.15, 0.2) is 71.4 Å². The van der Waals surface area contributed by atoms with Crippen LogP contribution < -0.4 is 10.0 Å². The number of nitrogens with zero attached hydrogens (tertiary/aromatic N) is 1. The van der Waals surface area contributed by atoms with Gasteiger partial charge in [-0.2, -0.15) is 8.42 Å². The first-order chi connectivity index (χ1) is 16.2. The molecule has 0 aliphatic heterocycles. The van der Waals surface area contributed by atoms with Crippen molar-refractivity contribution < 1.29 is 22.2 Å². The predicted octanol–water partition coefficient (Wildman–Crippen LogP) is 4.87. The zero-order valence-corrected chi connectivity index (χ0v) is 20.1. The maximum absolute atomic E-state index is 13.5. The van der Waals surface area contributed by atoms with Gasteiger partial charge in [-0.25, -0.2) is 9.37 Å². The molecule has 2 heterocycles. The van der Waals surface area contributed by atoms with E-state index in [2.05, 4.69) is 5.32 Å². The smallest absolute Gasteiger partial charge is 0.347 e. The van der Waals surface area contributed by atoms with Crippen molar-refractivity contribution in [1.29, 1.82) is 0 Å². The molecule has 0 bridgehead atoms. The van der Waals surface area contributed by atoms with E-state index in [0.717, 1.165) is 15.4 Å². The minimum Gasteiger partial charge on any atom is -0.347 e. The van der Waals surface area contributed by atoms with Crippen molar-refractivity contribution in [3.63, 3.8) is 0 Å². The van der Waals surface area contributed by atoms with Crippen LogP contribution in [0.3, 0.4) is 0 Å². The van der Waals surface area contributed by atoms with Gasteiger partial charge in [0.15, 0.2) is 0 Å². The zero-order chi connectivity index (χ0) is 24.1. The summed E-state index contributed by atoms with van der Waals surface area (Å²) in [5.74, 6) is -0.675. The van der Waals surface area contributed by atoms with E-state index < -0.39 is 22.2 Å². The summed E-state index contributed by atoms with van der Waals surface area (Å²) in [7, 11) is -4.36. The molecule has 0 spiro atoms. The normalized spacial score (nSPS) is 12.3. The molecule has 2 aromatic heterocycles. The minimum absolute atomic E-state index is 0.0212. The van der Waals surface area contributed by atoms with Gasteiger partial charge in [0.25, 0.3) is 0 Å². The summed E-state index contributed by atoms with van der Waals surface area (Å²) in [6, 6.07) is 15.8. The van der Waals surface area contributed by atoms with E-state index in [4.69, 9.17) is 9.54 Å². The van der Waals surface area contributed by atoms with Gasteiger partial charge in [0, 0.05) is 5.38 Å². The molecule has 0 fully saturated rings. The fourth-order valence-corrected chi connectivity index (χ4v) is 5.48. The molecule has 1 amide bonds. The number of thiophene rings is 1. The summed E-state index contributed by atoms with van der Waals surface area (Å²) in [6.45, 7) is 0. The van der Waals surface area contributed by atoms with Crippen LogP contribution in [0.5, 0.6) is 0 Å². The van der Waals surface area contributed by atoms with Crippen LogP contribution in [-0.2, 0) is 27.9 Å². The van der Waals surface area contributed by atoms with E-state index in [1.807, 2.05) is 27.6 Å². The van der Waals surface area contributed by atoms with Gasteiger partial charge < -0.3 is 5.32 Å². The molecule has 11 heteroatoms. The van der Waals surface area contributed by atoms with Crippen LogP contribution in [0.2, 0.25) is 0 Å². The van der Waals surface area contributed by atoms with Gasteiger partial charge >= 0.3 is 10.3 Å². The Labute approximate surface area is 204 Å². The Hall–Kier alpha value is -3.12. The van der Waals surface area contributed by atoms with E-state index in [1.54, 1.807) is 35.6 Å². The number of rotatable bonds is 9. The molecular formula is C23H20FN3O4S3. The maximum Gasteiger partial charge on any atom is 0.357 e. The van der Waals surface area contributed by atoms with Crippen molar-refractivity contribution in [3.8, 4) is 9.88 Å². The summed E-state index contributed by atoms with van der Waals surface area (Å²) in [5, 5.41) is 7.71. The molecule has 3 N–H and O–H groups in total. The van der Waals surface area contributed by atoms with Crippen LogP contribution in [0, 0.1) is 5.82 Å². The highest BCUT2D eigenvalue weighted by atomic mass is 32.2. The van der Waals surface area contributed by atoms with Gasteiger partial charge in [-0.05, 0) is 53.3 Å². The third-order valence-corrected chi connectivity index (χ3v) is 7.23. The van der Waals surface area contributed by atoms with E-state index in [9.17, 15) is 17.6 Å². The largest absolute Gasteiger partial charge is 0.357 e. The summed E-state index contributed by atoms with van der Waals surface area (Å²) >= 11 is 3.06.